The highest BCUT2D eigenvalue weighted by molar-refractivity contribution is 6.06. The maximum Gasteiger partial charge on any atom is 0.387 e. The summed E-state index contributed by atoms with van der Waals surface area (Å²) in [4.78, 5) is 26.0. The number of anilines is 1. The zero-order chi connectivity index (χ0) is 21.5. The first-order chi connectivity index (χ1) is 14.4. The van der Waals surface area contributed by atoms with Crippen molar-refractivity contribution in [2.24, 2.45) is 11.7 Å². The zero-order valence-electron chi connectivity index (χ0n) is 16.5. The molecule has 1 saturated heterocycles. The largest absolute Gasteiger partial charge is 0.434 e. The fraction of sp³-hybridized carbons (Fsp3) is 0.364. The van der Waals surface area contributed by atoms with Crippen molar-refractivity contribution in [1.29, 1.82) is 0 Å². The van der Waals surface area contributed by atoms with E-state index in [4.69, 9.17) is 5.73 Å². The van der Waals surface area contributed by atoms with E-state index < -0.39 is 12.5 Å². The summed E-state index contributed by atoms with van der Waals surface area (Å²) in [6.07, 6.45) is 2.45. The van der Waals surface area contributed by atoms with E-state index in [0.717, 1.165) is 44.5 Å². The quantitative estimate of drug-likeness (QED) is 0.690. The lowest BCUT2D eigenvalue weighted by atomic mass is 9.96. The van der Waals surface area contributed by atoms with Crippen LogP contribution in [0.4, 0.5) is 14.5 Å². The number of para-hydroxylation sites is 1. The number of halogens is 2. The van der Waals surface area contributed by atoms with Gasteiger partial charge in [0.05, 0.1) is 5.56 Å². The molecule has 1 aliphatic heterocycles. The number of primary amides is 1. The van der Waals surface area contributed by atoms with Crippen LogP contribution in [0, 0.1) is 5.92 Å². The van der Waals surface area contributed by atoms with Gasteiger partial charge in [-0.3, -0.25) is 9.59 Å². The van der Waals surface area contributed by atoms with Crippen LogP contribution in [-0.4, -0.2) is 43.0 Å². The number of nitrogens with zero attached hydrogens (tertiary/aromatic N) is 1. The SMILES string of the molecule is NC(=O)C1CCN(CCc2ccc(NC(=O)c3ccccc3OC(F)F)cc2)CC1. The standard InChI is InChI=1S/C22H25F2N3O3/c23-22(24)30-19-4-2-1-3-18(19)21(29)26-17-7-5-15(6-8-17)9-12-27-13-10-16(11-14-27)20(25)28/h1-8,16,22H,9-14H2,(H2,25,28)(H,26,29). The molecule has 2 amide bonds. The number of hydrogen-bond donors (Lipinski definition) is 2. The Bertz CT molecular complexity index is 866. The third-order valence-electron chi connectivity index (χ3n) is 5.27. The normalized spacial score (nSPS) is 15.2. The first kappa shape index (κ1) is 21.7. The van der Waals surface area contributed by atoms with Crippen LogP contribution in [0.3, 0.4) is 0 Å². The minimum absolute atomic E-state index is 0.0135. The Morgan fingerprint density at radius 3 is 2.40 bits per heavy atom. The molecule has 2 aromatic carbocycles. The molecule has 0 spiro atoms. The van der Waals surface area contributed by atoms with Crippen LogP contribution in [-0.2, 0) is 11.2 Å². The average Bonchev–Trinajstić information content (AvgIpc) is 2.73. The highest BCUT2D eigenvalue weighted by Gasteiger charge is 2.22. The number of benzene rings is 2. The van der Waals surface area contributed by atoms with Gasteiger partial charge in [-0.1, -0.05) is 24.3 Å². The molecule has 160 valence electrons. The van der Waals surface area contributed by atoms with Gasteiger partial charge in [0.2, 0.25) is 5.91 Å². The van der Waals surface area contributed by atoms with Gasteiger partial charge in [-0.25, -0.2) is 0 Å². The van der Waals surface area contributed by atoms with Gasteiger partial charge in [0, 0.05) is 18.2 Å². The molecular weight excluding hydrogens is 392 g/mol. The van der Waals surface area contributed by atoms with Gasteiger partial charge in [0.15, 0.2) is 0 Å². The Labute approximate surface area is 174 Å². The lowest BCUT2D eigenvalue weighted by Gasteiger charge is -2.30. The van der Waals surface area contributed by atoms with E-state index in [1.807, 2.05) is 12.1 Å². The van der Waals surface area contributed by atoms with Crippen molar-refractivity contribution in [3.8, 4) is 5.75 Å². The lowest BCUT2D eigenvalue weighted by Crippen LogP contribution is -2.39. The first-order valence-electron chi connectivity index (χ1n) is 9.88. The van der Waals surface area contributed by atoms with Crippen molar-refractivity contribution >= 4 is 17.5 Å². The van der Waals surface area contributed by atoms with Crippen molar-refractivity contribution < 1.29 is 23.1 Å². The molecule has 2 aromatic rings. The van der Waals surface area contributed by atoms with Gasteiger partial charge in [0.1, 0.15) is 5.75 Å². The van der Waals surface area contributed by atoms with Crippen molar-refractivity contribution in [3.05, 3.63) is 59.7 Å². The van der Waals surface area contributed by atoms with Crippen LogP contribution in [0.25, 0.3) is 0 Å². The van der Waals surface area contributed by atoms with E-state index in [-0.39, 0.29) is 23.1 Å². The molecule has 30 heavy (non-hydrogen) atoms. The van der Waals surface area contributed by atoms with Gasteiger partial charge in [-0.05, 0) is 62.2 Å². The second-order valence-electron chi connectivity index (χ2n) is 7.29. The van der Waals surface area contributed by atoms with Crippen LogP contribution in [0.5, 0.6) is 5.75 Å². The molecular formula is C22H25F2N3O3. The van der Waals surface area contributed by atoms with E-state index >= 15 is 0 Å². The number of hydrogen-bond acceptors (Lipinski definition) is 4. The molecule has 0 atom stereocenters. The summed E-state index contributed by atoms with van der Waals surface area (Å²) in [5, 5.41) is 2.70. The number of piperidine rings is 1. The number of nitrogens with two attached hydrogens (primary N) is 1. The Morgan fingerprint density at radius 2 is 1.77 bits per heavy atom. The van der Waals surface area contributed by atoms with Crippen LogP contribution < -0.4 is 15.8 Å². The van der Waals surface area contributed by atoms with Gasteiger partial charge < -0.3 is 20.7 Å². The van der Waals surface area contributed by atoms with Crippen molar-refractivity contribution in [3.63, 3.8) is 0 Å². The predicted octanol–water partition coefficient (Wildman–Crippen LogP) is 3.28. The number of nitrogens with one attached hydrogen (secondary N) is 1. The Kier molecular flexibility index (Phi) is 7.35. The highest BCUT2D eigenvalue weighted by Crippen LogP contribution is 2.22. The molecule has 6 nitrogen and oxygen atoms in total. The van der Waals surface area contributed by atoms with Crippen LogP contribution >= 0.6 is 0 Å². The number of amides is 2. The van der Waals surface area contributed by atoms with Crippen LogP contribution in [0.2, 0.25) is 0 Å². The summed E-state index contributed by atoms with van der Waals surface area (Å²) in [5.41, 5.74) is 7.09. The molecule has 0 aromatic heterocycles. The van der Waals surface area contributed by atoms with Crippen LogP contribution in [0.1, 0.15) is 28.8 Å². The van der Waals surface area contributed by atoms with Gasteiger partial charge in [0.25, 0.3) is 5.91 Å². The molecule has 3 rings (SSSR count). The molecule has 8 heteroatoms. The molecule has 0 aliphatic carbocycles. The number of carbonyl (C=O) groups excluding carboxylic acids is 2. The molecule has 0 unspecified atom stereocenters. The number of likely N-dealkylation sites (tertiary alicyclic amines) is 1. The van der Waals surface area contributed by atoms with Crippen LogP contribution in [0.15, 0.2) is 48.5 Å². The summed E-state index contributed by atoms with van der Waals surface area (Å²) in [6.45, 7) is -0.390. The zero-order valence-corrected chi connectivity index (χ0v) is 16.5. The summed E-state index contributed by atoms with van der Waals surface area (Å²) in [6, 6.07) is 13.3. The van der Waals surface area contributed by atoms with Gasteiger partial charge >= 0.3 is 6.61 Å². The van der Waals surface area contributed by atoms with Crippen molar-refractivity contribution in [2.75, 3.05) is 25.0 Å². The summed E-state index contributed by atoms with van der Waals surface area (Å²) >= 11 is 0. The summed E-state index contributed by atoms with van der Waals surface area (Å²) in [5.74, 6) is -0.908. The predicted molar refractivity (Wildman–Crippen MR) is 110 cm³/mol. The lowest BCUT2D eigenvalue weighted by molar-refractivity contribution is -0.123. The third kappa shape index (κ3) is 6.00. The van der Waals surface area contributed by atoms with Crippen molar-refractivity contribution in [1.82, 2.24) is 4.90 Å². The monoisotopic (exact) mass is 417 g/mol. The molecule has 1 aliphatic rings. The minimum atomic E-state index is -3.00. The van der Waals surface area contributed by atoms with Gasteiger partial charge in [-0.15, -0.1) is 0 Å². The number of rotatable bonds is 8. The smallest absolute Gasteiger partial charge is 0.387 e. The third-order valence-corrected chi connectivity index (χ3v) is 5.27. The fourth-order valence-corrected chi connectivity index (χ4v) is 3.53. The molecule has 0 bridgehead atoms. The average molecular weight is 417 g/mol. The Morgan fingerprint density at radius 1 is 1.10 bits per heavy atom. The van der Waals surface area contributed by atoms with E-state index in [0.29, 0.717) is 5.69 Å². The maximum absolute atomic E-state index is 12.5. The minimum Gasteiger partial charge on any atom is -0.434 e. The Balaban J connectivity index is 1.51. The number of carbonyl (C=O) groups is 2. The number of ether oxygens (including phenoxy) is 1. The topological polar surface area (TPSA) is 84.7 Å². The second kappa shape index (κ2) is 10.2. The summed E-state index contributed by atoms with van der Waals surface area (Å²) in [7, 11) is 0. The number of alkyl halides is 2. The van der Waals surface area contributed by atoms with Crippen molar-refractivity contribution in [2.45, 2.75) is 25.9 Å². The second-order valence-corrected chi connectivity index (χ2v) is 7.29. The van der Waals surface area contributed by atoms with E-state index in [1.165, 1.54) is 18.2 Å². The molecule has 1 heterocycles. The first-order valence-corrected chi connectivity index (χ1v) is 9.88. The maximum atomic E-state index is 12.5. The molecule has 1 fully saturated rings. The van der Waals surface area contributed by atoms with Gasteiger partial charge in [-0.2, -0.15) is 8.78 Å². The van der Waals surface area contributed by atoms with E-state index in [1.54, 1.807) is 18.2 Å². The highest BCUT2D eigenvalue weighted by atomic mass is 19.3. The van der Waals surface area contributed by atoms with E-state index in [2.05, 4.69) is 15.0 Å². The molecule has 0 saturated carbocycles. The fourth-order valence-electron chi connectivity index (χ4n) is 3.53. The van der Waals surface area contributed by atoms with E-state index in [9.17, 15) is 18.4 Å². The summed E-state index contributed by atoms with van der Waals surface area (Å²) < 4.78 is 29.4. The molecule has 0 radical (unpaired) electrons. The Hall–Kier alpha value is -3.00. The molecule has 3 N–H and O–H groups in total.